The summed E-state index contributed by atoms with van der Waals surface area (Å²) in [5.41, 5.74) is 6.13. The van der Waals surface area contributed by atoms with Crippen molar-refractivity contribution in [3.63, 3.8) is 0 Å². The van der Waals surface area contributed by atoms with Crippen molar-refractivity contribution in [1.29, 1.82) is 0 Å². The van der Waals surface area contributed by atoms with Gasteiger partial charge >= 0.3 is 0 Å². The van der Waals surface area contributed by atoms with E-state index in [1.165, 1.54) is 0 Å². The van der Waals surface area contributed by atoms with Gasteiger partial charge in [0.15, 0.2) is 0 Å². The molecule has 2 aromatic rings. The van der Waals surface area contributed by atoms with E-state index in [9.17, 15) is 0 Å². The summed E-state index contributed by atoms with van der Waals surface area (Å²) < 4.78 is 5.52. The first-order valence-electron chi connectivity index (χ1n) is 5.05. The number of nitrogens with two attached hydrogens (primary N) is 1. The van der Waals surface area contributed by atoms with Crippen LogP contribution in [0.4, 0.5) is 5.82 Å². The molecular weight excluding hydrogens is 295 g/mol. The van der Waals surface area contributed by atoms with Crippen LogP contribution in [0.3, 0.4) is 0 Å². The van der Waals surface area contributed by atoms with Crippen LogP contribution in [0.2, 0.25) is 15.1 Å². The van der Waals surface area contributed by atoms with Crippen LogP contribution in [0, 0.1) is 0 Å². The second kappa shape index (κ2) is 5.65. The number of aromatic nitrogens is 1. The molecule has 1 aromatic heterocycles. The fourth-order valence-corrected chi connectivity index (χ4v) is 1.83. The lowest BCUT2D eigenvalue weighted by Crippen LogP contribution is -2.02. The summed E-state index contributed by atoms with van der Waals surface area (Å²) in [5, 5.41) is 1.50. The summed E-state index contributed by atoms with van der Waals surface area (Å²) in [6, 6.07) is 8.26. The smallest absolute Gasteiger partial charge is 0.139 e. The Morgan fingerprint density at radius 2 is 1.78 bits per heavy atom. The largest absolute Gasteiger partial charge is 0.486 e. The molecule has 0 aliphatic rings. The number of hydrogen-bond acceptors (Lipinski definition) is 3. The van der Waals surface area contributed by atoms with E-state index in [-0.39, 0.29) is 6.61 Å². The van der Waals surface area contributed by atoms with Crippen LogP contribution in [-0.4, -0.2) is 4.98 Å². The monoisotopic (exact) mass is 302 g/mol. The Morgan fingerprint density at radius 3 is 2.56 bits per heavy atom. The average molecular weight is 304 g/mol. The summed E-state index contributed by atoms with van der Waals surface area (Å²) in [6.07, 6.45) is 0. The predicted octanol–water partition coefficient (Wildman–Crippen LogP) is 4.20. The van der Waals surface area contributed by atoms with E-state index in [0.717, 1.165) is 0 Å². The van der Waals surface area contributed by atoms with Crippen molar-refractivity contribution in [1.82, 2.24) is 4.98 Å². The Kier molecular flexibility index (Phi) is 4.17. The van der Waals surface area contributed by atoms with E-state index in [1.807, 2.05) is 0 Å². The maximum Gasteiger partial charge on any atom is 0.139 e. The molecule has 0 atom stereocenters. The highest BCUT2D eigenvalue weighted by molar-refractivity contribution is 6.34. The van der Waals surface area contributed by atoms with Crippen molar-refractivity contribution in [2.75, 3.05) is 5.73 Å². The fourth-order valence-electron chi connectivity index (χ4n) is 1.34. The van der Waals surface area contributed by atoms with Crippen molar-refractivity contribution in [2.24, 2.45) is 0 Å². The zero-order valence-electron chi connectivity index (χ0n) is 9.16. The van der Waals surface area contributed by atoms with Gasteiger partial charge in [0.1, 0.15) is 18.2 Å². The number of pyridine rings is 1. The van der Waals surface area contributed by atoms with Gasteiger partial charge in [-0.15, -0.1) is 0 Å². The van der Waals surface area contributed by atoms with E-state index >= 15 is 0 Å². The number of nitrogens with zero attached hydrogens (tertiary/aromatic N) is 1. The van der Waals surface area contributed by atoms with Crippen LogP contribution in [0.5, 0.6) is 5.75 Å². The standard InChI is InChI=1S/C12H9Cl3N2O/c13-7-1-2-9(15)11(5-7)18-6-10-8(14)3-4-12(16)17-10/h1-5H,6H2,(H2,16,17). The summed E-state index contributed by atoms with van der Waals surface area (Å²) in [7, 11) is 0. The van der Waals surface area contributed by atoms with Crippen LogP contribution >= 0.6 is 34.8 Å². The number of halogens is 3. The third-order valence-electron chi connectivity index (χ3n) is 2.20. The first-order valence-corrected chi connectivity index (χ1v) is 6.18. The lowest BCUT2D eigenvalue weighted by Gasteiger charge is -2.09. The Morgan fingerprint density at radius 1 is 1.06 bits per heavy atom. The predicted molar refractivity (Wildman–Crippen MR) is 74.5 cm³/mol. The van der Waals surface area contributed by atoms with Gasteiger partial charge in [-0.05, 0) is 24.3 Å². The molecule has 0 fully saturated rings. The first kappa shape index (κ1) is 13.3. The fraction of sp³-hybridized carbons (Fsp3) is 0.0833. The number of nitrogen functional groups attached to an aromatic ring is 1. The molecule has 94 valence electrons. The third-order valence-corrected chi connectivity index (χ3v) is 3.09. The van der Waals surface area contributed by atoms with Crippen molar-refractivity contribution in [3.8, 4) is 5.75 Å². The van der Waals surface area contributed by atoms with Crippen molar-refractivity contribution in [3.05, 3.63) is 51.1 Å². The van der Waals surface area contributed by atoms with Gasteiger partial charge in [0.05, 0.1) is 15.7 Å². The lowest BCUT2D eigenvalue weighted by molar-refractivity contribution is 0.302. The van der Waals surface area contributed by atoms with Gasteiger partial charge in [-0.25, -0.2) is 4.98 Å². The second-order valence-electron chi connectivity index (χ2n) is 3.53. The highest BCUT2D eigenvalue weighted by atomic mass is 35.5. The molecule has 0 bridgehead atoms. The van der Waals surface area contributed by atoms with Gasteiger partial charge in [-0.1, -0.05) is 34.8 Å². The van der Waals surface area contributed by atoms with E-state index in [0.29, 0.717) is 32.3 Å². The maximum absolute atomic E-state index is 5.98. The van der Waals surface area contributed by atoms with Crippen LogP contribution in [-0.2, 0) is 6.61 Å². The lowest BCUT2D eigenvalue weighted by atomic mass is 10.3. The molecular formula is C12H9Cl3N2O. The molecule has 2 rings (SSSR count). The molecule has 0 spiro atoms. The molecule has 0 radical (unpaired) electrons. The minimum Gasteiger partial charge on any atom is -0.486 e. The normalized spacial score (nSPS) is 10.4. The molecule has 0 aliphatic heterocycles. The van der Waals surface area contributed by atoms with Crippen LogP contribution in [0.15, 0.2) is 30.3 Å². The van der Waals surface area contributed by atoms with Crippen molar-refractivity contribution >= 4 is 40.6 Å². The molecule has 3 nitrogen and oxygen atoms in total. The molecule has 0 saturated heterocycles. The molecule has 0 amide bonds. The van der Waals surface area contributed by atoms with E-state index in [2.05, 4.69) is 4.98 Å². The highest BCUT2D eigenvalue weighted by Gasteiger charge is 2.07. The van der Waals surface area contributed by atoms with Gasteiger partial charge < -0.3 is 10.5 Å². The molecule has 6 heteroatoms. The quantitative estimate of drug-likeness (QED) is 0.924. The van der Waals surface area contributed by atoms with Crippen LogP contribution < -0.4 is 10.5 Å². The van der Waals surface area contributed by atoms with Crippen LogP contribution in [0.1, 0.15) is 5.69 Å². The molecule has 2 N–H and O–H groups in total. The molecule has 1 heterocycles. The SMILES string of the molecule is Nc1ccc(Cl)c(COc2cc(Cl)ccc2Cl)n1. The number of hydrogen-bond donors (Lipinski definition) is 1. The van der Waals surface area contributed by atoms with Gasteiger partial charge in [0.25, 0.3) is 0 Å². The van der Waals surface area contributed by atoms with Gasteiger partial charge in [0.2, 0.25) is 0 Å². The average Bonchev–Trinajstić information content (AvgIpc) is 2.34. The molecule has 18 heavy (non-hydrogen) atoms. The van der Waals surface area contributed by atoms with E-state index < -0.39 is 0 Å². The zero-order valence-corrected chi connectivity index (χ0v) is 11.4. The van der Waals surface area contributed by atoms with Gasteiger partial charge in [0, 0.05) is 11.1 Å². The maximum atomic E-state index is 5.98. The van der Waals surface area contributed by atoms with Crippen molar-refractivity contribution < 1.29 is 4.74 Å². The molecule has 0 aliphatic carbocycles. The zero-order chi connectivity index (χ0) is 13.1. The Labute approximate surface area is 119 Å². The minimum atomic E-state index is 0.171. The van der Waals surface area contributed by atoms with E-state index in [1.54, 1.807) is 30.3 Å². The molecule has 0 saturated carbocycles. The Hall–Kier alpha value is -1.16. The summed E-state index contributed by atoms with van der Waals surface area (Å²) in [4.78, 5) is 4.08. The van der Waals surface area contributed by atoms with Crippen molar-refractivity contribution in [2.45, 2.75) is 6.61 Å². The highest BCUT2D eigenvalue weighted by Crippen LogP contribution is 2.28. The number of rotatable bonds is 3. The summed E-state index contributed by atoms with van der Waals surface area (Å²) in [5.74, 6) is 0.861. The third kappa shape index (κ3) is 3.19. The van der Waals surface area contributed by atoms with Gasteiger partial charge in [-0.3, -0.25) is 0 Å². The van der Waals surface area contributed by atoms with Crippen LogP contribution in [0.25, 0.3) is 0 Å². The summed E-state index contributed by atoms with van der Waals surface area (Å²) in [6.45, 7) is 0.171. The topological polar surface area (TPSA) is 48.1 Å². The Balaban J connectivity index is 2.16. The van der Waals surface area contributed by atoms with Gasteiger partial charge in [-0.2, -0.15) is 0 Å². The molecule has 1 aromatic carbocycles. The minimum absolute atomic E-state index is 0.171. The second-order valence-corrected chi connectivity index (χ2v) is 4.78. The van der Waals surface area contributed by atoms with E-state index in [4.69, 9.17) is 45.3 Å². The summed E-state index contributed by atoms with van der Waals surface area (Å²) >= 11 is 17.8. The Bertz CT molecular complexity index is 524. The number of anilines is 1. The number of benzene rings is 1. The first-order chi connectivity index (χ1) is 8.56. The molecule has 0 unspecified atom stereocenters. The number of ether oxygens (including phenoxy) is 1.